The number of pyridine rings is 1. The van der Waals surface area contributed by atoms with Crippen molar-refractivity contribution in [2.24, 2.45) is 0 Å². The van der Waals surface area contributed by atoms with Gasteiger partial charge in [0, 0.05) is 35.3 Å². The minimum Gasteiger partial charge on any atom is -0.256 e. The van der Waals surface area contributed by atoms with E-state index >= 15 is 0 Å². The Morgan fingerprint density at radius 3 is 1.96 bits per heavy atom. The van der Waals surface area contributed by atoms with Gasteiger partial charge >= 0.3 is 0 Å². The molecule has 2 aromatic carbocycles. The van der Waals surface area contributed by atoms with Crippen LogP contribution in [0.15, 0.2) is 91.4 Å². The van der Waals surface area contributed by atoms with Crippen molar-refractivity contribution in [1.29, 1.82) is 0 Å². The number of hydrogen-bond donors (Lipinski definition) is 0. The highest BCUT2D eigenvalue weighted by atomic mass is 14.9. The Labute approximate surface area is 140 Å². The molecule has 0 saturated carbocycles. The maximum Gasteiger partial charge on any atom is 0.159 e. The van der Waals surface area contributed by atoms with Crippen molar-refractivity contribution in [2.75, 3.05) is 0 Å². The van der Waals surface area contributed by atoms with Crippen molar-refractivity contribution < 1.29 is 0 Å². The van der Waals surface area contributed by atoms with Gasteiger partial charge in [0.25, 0.3) is 0 Å². The maximum atomic E-state index is 4.53. The van der Waals surface area contributed by atoms with Crippen LogP contribution in [-0.4, -0.2) is 15.0 Å². The van der Waals surface area contributed by atoms with Crippen molar-refractivity contribution in [3.8, 4) is 33.8 Å². The summed E-state index contributed by atoms with van der Waals surface area (Å²) in [6.45, 7) is 0. The van der Waals surface area contributed by atoms with Crippen LogP contribution in [0.25, 0.3) is 33.8 Å². The molecule has 4 rings (SSSR count). The quantitative estimate of drug-likeness (QED) is 0.542. The number of aromatic nitrogens is 3. The highest BCUT2D eigenvalue weighted by molar-refractivity contribution is 5.92. The molecule has 0 fully saturated rings. The van der Waals surface area contributed by atoms with Crippen LogP contribution in [0.5, 0.6) is 0 Å². The van der Waals surface area contributed by atoms with Crippen LogP contribution >= 0.6 is 0 Å². The minimum atomic E-state index is 0.717. The highest BCUT2D eigenvalue weighted by Crippen LogP contribution is 2.37. The fourth-order valence-electron chi connectivity index (χ4n) is 2.83. The zero-order valence-electron chi connectivity index (χ0n) is 13.0. The van der Waals surface area contributed by atoms with Crippen LogP contribution in [0.4, 0.5) is 0 Å². The average molecular weight is 309 g/mol. The summed E-state index contributed by atoms with van der Waals surface area (Å²) in [7, 11) is 0. The number of rotatable bonds is 3. The van der Waals surface area contributed by atoms with Gasteiger partial charge in [-0.15, -0.1) is 0 Å². The third-order valence-corrected chi connectivity index (χ3v) is 3.87. The van der Waals surface area contributed by atoms with E-state index in [4.69, 9.17) is 0 Å². The monoisotopic (exact) mass is 309 g/mol. The molecule has 0 aliphatic heterocycles. The summed E-state index contributed by atoms with van der Waals surface area (Å²) in [6.07, 6.45) is 5.35. The second-order valence-electron chi connectivity index (χ2n) is 5.38. The molecule has 24 heavy (non-hydrogen) atoms. The maximum absolute atomic E-state index is 4.53. The number of benzene rings is 2. The minimum absolute atomic E-state index is 0.717. The van der Waals surface area contributed by atoms with Crippen LogP contribution in [0.1, 0.15) is 0 Å². The molecule has 114 valence electrons. The van der Waals surface area contributed by atoms with Gasteiger partial charge in [-0.2, -0.15) is 0 Å². The zero-order valence-corrected chi connectivity index (χ0v) is 13.0. The van der Waals surface area contributed by atoms with Crippen LogP contribution in [-0.2, 0) is 0 Å². The van der Waals surface area contributed by atoms with Crippen molar-refractivity contribution in [1.82, 2.24) is 15.0 Å². The molecular weight excluding hydrogens is 294 g/mol. The SMILES string of the molecule is c1ccc(-c2c(-c3ccccn3)cccc2-c2ncccn2)cc1. The van der Waals surface area contributed by atoms with E-state index in [2.05, 4.69) is 39.2 Å². The molecular formula is C21H15N3. The fraction of sp³-hybridized carbons (Fsp3) is 0. The van der Waals surface area contributed by atoms with Gasteiger partial charge in [0.2, 0.25) is 0 Å². The van der Waals surface area contributed by atoms with Crippen LogP contribution in [0.3, 0.4) is 0 Å². The van der Waals surface area contributed by atoms with Crippen molar-refractivity contribution in [3.63, 3.8) is 0 Å². The Kier molecular flexibility index (Phi) is 3.82. The molecule has 0 aliphatic rings. The summed E-state index contributed by atoms with van der Waals surface area (Å²) in [5, 5.41) is 0. The molecule has 0 unspecified atom stereocenters. The van der Waals surface area contributed by atoms with E-state index < -0.39 is 0 Å². The second kappa shape index (κ2) is 6.42. The summed E-state index contributed by atoms with van der Waals surface area (Å²) in [5.74, 6) is 0.717. The topological polar surface area (TPSA) is 38.7 Å². The number of hydrogen-bond acceptors (Lipinski definition) is 3. The lowest BCUT2D eigenvalue weighted by Gasteiger charge is -2.14. The summed E-state index contributed by atoms with van der Waals surface area (Å²) in [4.78, 5) is 13.4. The van der Waals surface area contributed by atoms with Crippen molar-refractivity contribution in [2.45, 2.75) is 0 Å². The van der Waals surface area contributed by atoms with Gasteiger partial charge in [-0.3, -0.25) is 4.98 Å². The lowest BCUT2D eigenvalue weighted by Crippen LogP contribution is -1.94. The van der Waals surface area contributed by atoms with E-state index in [1.165, 1.54) is 0 Å². The molecule has 3 heteroatoms. The first-order valence-electron chi connectivity index (χ1n) is 7.81. The van der Waals surface area contributed by atoms with Gasteiger partial charge in [0.05, 0.1) is 5.69 Å². The predicted octanol–water partition coefficient (Wildman–Crippen LogP) is 4.87. The van der Waals surface area contributed by atoms with Gasteiger partial charge in [-0.25, -0.2) is 9.97 Å². The van der Waals surface area contributed by atoms with E-state index in [0.29, 0.717) is 5.82 Å². The molecule has 2 heterocycles. The second-order valence-corrected chi connectivity index (χ2v) is 5.38. The van der Waals surface area contributed by atoms with E-state index in [1.54, 1.807) is 12.4 Å². The molecule has 4 aromatic rings. The molecule has 2 aromatic heterocycles. The number of nitrogens with zero attached hydrogens (tertiary/aromatic N) is 3. The lowest BCUT2D eigenvalue weighted by molar-refractivity contribution is 1.18. The molecule has 0 spiro atoms. The largest absolute Gasteiger partial charge is 0.256 e. The Hall–Kier alpha value is -3.33. The standard InChI is InChI=1S/C21H15N3/c1-2-8-16(9-3-1)20-17(19-12-4-5-13-22-19)10-6-11-18(20)21-23-14-7-15-24-21/h1-15H. The average Bonchev–Trinajstić information content (AvgIpc) is 2.69. The third kappa shape index (κ3) is 2.68. The first kappa shape index (κ1) is 14.3. The van der Waals surface area contributed by atoms with Crippen LogP contribution in [0, 0.1) is 0 Å². The molecule has 0 saturated heterocycles. The Balaban J connectivity index is 2.02. The zero-order chi connectivity index (χ0) is 16.2. The highest BCUT2D eigenvalue weighted by Gasteiger charge is 2.15. The van der Waals surface area contributed by atoms with Crippen molar-refractivity contribution in [3.05, 3.63) is 91.4 Å². The molecule has 0 aliphatic carbocycles. The van der Waals surface area contributed by atoms with Gasteiger partial charge in [-0.1, -0.05) is 54.6 Å². The predicted molar refractivity (Wildman–Crippen MR) is 96.1 cm³/mol. The van der Waals surface area contributed by atoms with Gasteiger partial charge < -0.3 is 0 Å². The van der Waals surface area contributed by atoms with Gasteiger partial charge in [0.15, 0.2) is 5.82 Å². The van der Waals surface area contributed by atoms with Crippen molar-refractivity contribution >= 4 is 0 Å². The van der Waals surface area contributed by atoms with E-state index in [1.807, 2.05) is 54.7 Å². The molecule has 0 N–H and O–H groups in total. The van der Waals surface area contributed by atoms with E-state index in [0.717, 1.165) is 27.9 Å². The smallest absolute Gasteiger partial charge is 0.159 e. The Bertz CT molecular complexity index is 879. The summed E-state index contributed by atoms with van der Waals surface area (Å²) in [5.41, 5.74) is 5.25. The molecule has 0 atom stereocenters. The molecule has 0 amide bonds. The van der Waals surface area contributed by atoms with Gasteiger partial charge in [-0.05, 0) is 23.8 Å². The summed E-state index contributed by atoms with van der Waals surface area (Å²) < 4.78 is 0. The Morgan fingerprint density at radius 2 is 1.21 bits per heavy atom. The summed E-state index contributed by atoms with van der Waals surface area (Å²) >= 11 is 0. The fourth-order valence-corrected chi connectivity index (χ4v) is 2.83. The van der Waals surface area contributed by atoms with E-state index in [9.17, 15) is 0 Å². The third-order valence-electron chi connectivity index (χ3n) is 3.87. The lowest BCUT2D eigenvalue weighted by atomic mass is 9.92. The normalized spacial score (nSPS) is 10.5. The molecule has 0 bridgehead atoms. The van der Waals surface area contributed by atoms with Gasteiger partial charge in [0.1, 0.15) is 0 Å². The first-order chi connectivity index (χ1) is 11.9. The van der Waals surface area contributed by atoms with Crippen LogP contribution in [0.2, 0.25) is 0 Å². The summed E-state index contributed by atoms with van der Waals surface area (Å²) in [6, 6.07) is 24.3. The first-order valence-corrected chi connectivity index (χ1v) is 7.81. The molecule has 0 radical (unpaired) electrons. The van der Waals surface area contributed by atoms with E-state index in [-0.39, 0.29) is 0 Å². The molecule has 3 nitrogen and oxygen atoms in total. The van der Waals surface area contributed by atoms with Crippen LogP contribution < -0.4 is 0 Å². The Morgan fingerprint density at radius 1 is 0.500 bits per heavy atom.